The molecule has 144 valence electrons. The van der Waals surface area contributed by atoms with Gasteiger partial charge in [-0.25, -0.2) is 0 Å². The summed E-state index contributed by atoms with van der Waals surface area (Å²) < 4.78 is 30.6. The topological polar surface area (TPSA) is 9.23 Å². The van der Waals surface area contributed by atoms with Gasteiger partial charge in [-0.15, -0.1) is 0 Å². The zero-order valence-corrected chi connectivity index (χ0v) is 15.9. The number of benzene rings is 1. The molecular formula is C23H32F2O. The zero-order chi connectivity index (χ0) is 18.4. The molecule has 2 fully saturated rings. The molecule has 0 bridgehead atoms. The Morgan fingerprint density at radius 2 is 1.50 bits per heavy atom. The first-order valence-electron chi connectivity index (χ1n) is 10.4. The van der Waals surface area contributed by atoms with Gasteiger partial charge in [0.15, 0.2) is 0 Å². The van der Waals surface area contributed by atoms with Crippen LogP contribution in [0.2, 0.25) is 0 Å². The molecule has 0 amide bonds. The van der Waals surface area contributed by atoms with Gasteiger partial charge in [-0.05, 0) is 86.7 Å². The van der Waals surface area contributed by atoms with Crippen molar-refractivity contribution in [1.82, 2.24) is 0 Å². The van der Waals surface area contributed by atoms with E-state index in [2.05, 4.69) is 6.92 Å². The van der Waals surface area contributed by atoms with Gasteiger partial charge < -0.3 is 4.74 Å². The lowest BCUT2D eigenvalue weighted by molar-refractivity contribution is 0.00827. The van der Waals surface area contributed by atoms with Crippen LogP contribution in [0.1, 0.15) is 81.8 Å². The molecule has 0 aromatic heterocycles. The Balaban J connectivity index is 1.45. The van der Waals surface area contributed by atoms with E-state index in [9.17, 15) is 8.78 Å². The Morgan fingerprint density at radius 3 is 2.04 bits per heavy atom. The lowest BCUT2D eigenvalue weighted by Crippen LogP contribution is -2.28. The molecule has 1 nitrogen and oxygen atoms in total. The summed E-state index contributed by atoms with van der Waals surface area (Å²) in [6, 6.07) is 7.71. The summed E-state index contributed by atoms with van der Waals surface area (Å²) in [5.74, 6) is 2.36. The maximum absolute atomic E-state index is 12.3. The van der Waals surface area contributed by atoms with E-state index < -0.39 is 6.08 Å². The smallest absolute Gasteiger partial charge is 0.270 e. The van der Waals surface area contributed by atoms with Crippen LogP contribution in [0.15, 0.2) is 30.3 Å². The fourth-order valence-electron chi connectivity index (χ4n) is 4.93. The van der Waals surface area contributed by atoms with Crippen LogP contribution in [-0.2, 0) is 4.74 Å². The van der Waals surface area contributed by atoms with Gasteiger partial charge in [0.05, 0.1) is 6.10 Å². The largest absolute Gasteiger partial charge is 0.378 e. The van der Waals surface area contributed by atoms with Crippen molar-refractivity contribution in [1.29, 1.82) is 0 Å². The summed E-state index contributed by atoms with van der Waals surface area (Å²) in [7, 11) is 0. The van der Waals surface area contributed by atoms with E-state index in [0.717, 1.165) is 30.9 Å². The van der Waals surface area contributed by atoms with Crippen LogP contribution in [-0.4, -0.2) is 12.7 Å². The molecule has 1 aromatic carbocycles. The van der Waals surface area contributed by atoms with E-state index >= 15 is 0 Å². The van der Waals surface area contributed by atoms with Gasteiger partial charge in [-0.1, -0.05) is 31.2 Å². The average Bonchev–Trinajstić information content (AvgIpc) is 2.67. The average molecular weight is 363 g/mol. The highest BCUT2D eigenvalue weighted by Gasteiger charge is 2.31. The second-order valence-corrected chi connectivity index (χ2v) is 8.12. The Bertz CT molecular complexity index is 560. The fraction of sp³-hybridized carbons (Fsp3) is 0.652. The summed E-state index contributed by atoms with van der Waals surface area (Å²) in [5, 5.41) is 0. The fourth-order valence-corrected chi connectivity index (χ4v) is 4.93. The van der Waals surface area contributed by atoms with E-state index in [-0.39, 0.29) is 0 Å². The van der Waals surface area contributed by atoms with Crippen LogP contribution >= 0.6 is 0 Å². The molecule has 0 atom stereocenters. The van der Waals surface area contributed by atoms with E-state index in [1.807, 2.05) is 24.3 Å². The summed E-state index contributed by atoms with van der Waals surface area (Å²) >= 11 is 0. The second-order valence-electron chi connectivity index (χ2n) is 8.12. The van der Waals surface area contributed by atoms with Crippen LogP contribution in [0.3, 0.4) is 0 Å². The molecule has 2 saturated carbocycles. The predicted octanol–water partition coefficient (Wildman–Crippen LogP) is 7.18. The third-order valence-corrected chi connectivity index (χ3v) is 6.40. The zero-order valence-electron chi connectivity index (χ0n) is 15.9. The van der Waals surface area contributed by atoms with Crippen LogP contribution in [0, 0.1) is 11.8 Å². The van der Waals surface area contributed by atoms with Crippen molar-refractivity contribution in [2.75, 3.05) is 6.61 Å². The molecule has 1 aromatic rings. The van der Waals surface area contributed by atoms with E-state index in [4.69, 9.17) is 4.74 Å². The number of halogens is 2. The van der Waals surface area contributed by atoms with Gasteiger partial charge in [-0.3, -0.25) is 0 Å². The molecular weight excluding hydrogens is 330 g/mol. The van der Waals surface area contributed by atoms with Crippen molar-refractivity contribution in [3.05, 3.63) is 41.5 Å². The summed E-state index contributed by atoms with van der Waals surface area (Å²) in [5.41, 5.74) is 1.90. The minimum absolute atomic E-state index is 0.504. The van der Waals surface area contributed by atoms with Gasteiger partial charge in [0, 0.05) is 12.7 Å². The van der Waals surface area contributed by atoms with Crippen molar-refractivity contribution in [3.63, 3.8) is 0 Å². The Morgan fingerprint density at radius 1 is 0.923 bits per heavy atom. The maximum atomic E-state index is 12.3. The van der Waals surface area contributed by atoms with Crippen molar-refractivity contribution in [3.8, 4) is 0 Å². The minimum atomic E-state index is -1.63. The number of ether oxygens (including phenoxy) is 1. The molecule has 0 aliphatic heterocycles. The Labute approximate surface area is 156 Å². The Kier molecular flexibility index (Phi) is 7.24. The van der Waals surface area contributed by atoms with Gasteiger partial charge >= 0.3 is 0 Å². The molecule has 0 radical (unpaired) electrons. The van der Waals surface area contributed by atoms with Crippen LogP contribution in [0.5, 0.6) is 0 Å². The Hall–Kier alpha value is -1.22. The molecule has 3 heteroatoms. The third-order valence-electron chi connectivity index (χ3n) is 6.40. The van der Waals surface area contributed by atoms with Gasteiger partial charge in [-0.2, -0.15) is 8.78 Å². The molecule has 0 unspecified atom stereocenters. The molecule has 2 aliphatic carbocycles. The SMILES string of the molecule is CCCOC1CCC(C2CCC(c3ccc(C=C(F)F)cc3)CC2)CC1. The standard InChI is InChI=1S/C23H32F2O/c1-2-15-26-22-13-11-21(12-14-22)20-9-7-19(8-10-20)18-5-3-17(4-6-18)16-23(24)25/h3-6,16,19-22H,2,7-15H2,1H3. The van der Waals surface area contributed by atoms with E-state index in [0.29, 0.717) is 17.6 Å². The van der Waals surface area contributed by atoms with Crippen LogP contribution in [0.25, 0.3) is 6.08 Å². The monoisotopic (exact) mass is 362 g/mol. The highest BCUT2D eigenvalue weighted by atomic mass is 19.3. The highest BCUT2D eigenvalue weighted by molar-refractivity contribution is 5.50. The highest BCUT2D eigenvalue weighted by Crippen LogP contribution is 2.43. The first-order chi connectivity index (χ1) is 12.7. The van der Waals surface area contributed by atoms with Crippen molar-refractivity contribution in [2.45, 2.75) is 76.7 Å². The lowest BCUT2D eigenvalue weighted by atomic mass is 9.69. The molecule has 26 heavy (non-hydrogen) atoms. The first-order valence-corrected chi connectivity index (χ1v) is 10.4. The first kappa shape index (κ1) is 19.5. The molecule has 0 N–H and O–H groups in total. The van der Waals surface area contributed by atoms with Crippen LogP contribution < -0.4 is 0 Å². The number of rotatable bonds is 6. The summed E-state index contributed by atoms with van der Waals surface area (Å²) in [6.45, 7) is 3.08. The third kappa shape index (κ3) is 5.39. The predicted molar refractivity (Wildman–Crippen MR) is 103 cm³/mol. The van der Waals surface area contributed by atoms with E-state index in [1.54, 1.807) is 0 Å². The molecule has 2 aliphatic rings. The van der Waals surface area contributed by atoms with Crippen LogP contribution in [0.4, 0.5) is 8.78 Å². The number of hydrogen-bond acceptors (Lipinski definition) is 1. The number of hydrogen-bond donors (Lipinski definition) is 0. The summed E-state index contributed by atoms with van der Waals surface area (Å²) in [6.07, 6.45) is 11.2. The maximum Gasteiger partial charge on any atom is 0.270 e. The quantitative estimate of drug-likeness (QED) is 0.520. The molecule has 0 saturated heterocycles. The molecule has 3 rings (SSSR count). The van der Waals surface area contributed by atoms with Crippen molar-refractivity contribution in [2.24, 2.45) is 11.8 Å². The van der Waals surface area contributed by atoms with Gasteiger partial charge in [0.1, 0.15) is 0 Å². The van der Waals surface area contributed by atoms with Crippen molar-refractivity contribution < 1.29 is 13.5 Å². The molecule has 0 spiro atoms. The lowest BCUT2D eigenvalue weighted by Gasteiger charge is -2.38. The second kappa shape index (κ2) is 9.64. The van der Waals surface area contributed by atoms with Crippen molar-refractivity contribution >= 4 is 6.08 Å². The summed E-state index contributed by atoms with van der Waals surface area (Å²) in [4.78, 5) is 0. The van der Waals surface area contributed by atoms with E-state index in [1.165, 1.54) is 56.9 Å². The van der Waals surface area contributed by atoms with Gasteiger partial charge in [0.2, 0.25) is 0 Å². The molecule has 0 heterocycles. The minimum Gasteiger partial charge on any atom is -0.378 e. The normalized spacial score (nSPS) is 29.3. The van der Waals surface area contributed by atoms with Gasteiger partial charge in [0.25, 0.3) is 6.08 Å².